The topological polar surface area (TPSA) is 62.2 Å². The average Bonchev–Trinajstić information content (AvgIpc) is 2.67. The molecule has 1 aromatic heterocycles. The number of rotatable bonds is 5. The third kappa shape index (κ3) is 3.43. The van der Waals surface area contributed by atoms with Gasteiger partial charge < -0.3 is 10.4 Å². The van der Waals surface area contributed by atoms with Crippen LogP contribution in [0.1, 0.15) is 23.0 Å². The first-order valence-corrected chi connectivity index (χ1v) is 5.39. The number of nitrogens with zero attached hydrogens (tertiary/aromatic N) is 1. The van der Waals surface area contributed by atoms with Gasteiger partial charge in [0.25, 0.3) is 5.91 Å². The van der Waals surface area contributed by atoms with Crippen molar-refractivity contribution in [3.05, 3.63) is 16.6 Å². The maximum Gasteiger partial charge on any atom is 0.263 e. The van der Waals surface area contributed by atoms with Crippen molar-refractivity contribution in [1.29, 1.82) is 0 Å². The van der Waals surface area contributed by atoms with E-state index in [4.69, 9.17) is 5.11 Å². The fraction of sp³-hybridized carbons (Fsp3) is 0.556. The second-order valence-corrected chi connectivity index (χ2v) is 4.08. The smallest absolute Gasteiger partial charge is 0.263 e. The number of thiazole rings is 1. The van der Waals surface area contributed by atoms with Gasteiger partial charge in [0.05, 0.1) is 11.7 Å². The van der Waals surface area contributed by atoms with Gasteiger partial charge in [-0.1, -0.05) is 6.92 Å². The second kappa shape index (κ2) is 5.72. The van der Waals surface area contributed by atoms with Gasteiger partial charge in [-0.15, -0.1) is 11.3 Å². The van der Waals surface area contributed by atoms with Crippen molar-refractivity contribution in [3.8, 4) is 0 Å². The standard InChI is InChI=1S/C9H14N2O2S/c1-7(2-3-12)4-11-9(13)8-5-10-6-14-8/h5-7,12H,2-4H2,1H3,(H,11,13). The maximum absolute atomic E-state index is 11.4. The first-order valence-electron chi connectivity index (χ1n) is 4.51. The van der Waals surface area contributed by atoms with Gasteiger partial charge in [-0.05, 0) is 12.3 Å². The highest BCUT2D eigenvalue weighted by molar-refractivity contribution is 7.11. The molecule has 0 aliphatic heterocycles. The fourth-order valence-electron chi connectivity index (χ4n) is 1.00. The van der Waals surface area contributed by atoms with Crippen LogP contribution in [0.25, 0.3) is 0 Å². The molecule has 1 atom stereocenters. The van der Waals surface area contributed by atoms with Gasteiger partial charge in [0.2, 0.25) is 0 Å². The molecule has 0 saturated carbocycles. The lowest BCUT2D eigenvalue weighted by molar-refractivity contribution is 0.0949. The van der Waals surface area contributed by atoms with Crippen molar-refractivity contribution >= 4 is 17.2 Å². The summed E-state index contributed by atoms with van der Waals surface area (Å²) in [5.74, 6) is 0.217. The van der Waals surface area contributed by atoms with Crippen LogP contribution < -0.4 is 5.32 Å². The molecule has 0 radical (unpaired) electrons. The Hall–Kier alpha value is -0.940. The molecule has 1 heterocycles. The summed E-state index contributed by atoms with van der Waals surface area (Å²) >= 11 is 1.32. The van der Waals surface area contributed by atoms with Gasteiger partial charge >= 0.3 is 0 Å². The van der Waals surface area contributed by atoms with Gasteiger partial charge in [0.1, 0.15) is 4.88 Å². The van der Waals surface area contributed by atoms with Gasteiger partial charge in [-0.25, -0.2) is 0 Å². The molecule has 0 fully saturated rings. The van der Waals surface area contributed by atoms with Crippen molar-refractivity contribution in [2.24, 2.45) is 5.92 Å². The molecule has 0 aliphatic rings. The van der Waals surface area contributed by atoms with Gasteiger partial charge in [0, 0.05) is 13.2 Å². The molecule has 0 bridgehead atoms. The zero-order valence-corrected chi connectivity index (χ0v) is 8.88. The first-order chi connectivity index (χ1) is 6.74. The van der Waals surface area contributed by atoms with Gasteiger partial charge in [-0.3, -0.25) is 9.78 Å². The van der Waals surface area contributed by atoms with Gasteiger partial charge in [0.15, 0.2) is 0 Å². The van der Waals surface area contributed by atoms with Crippen molar-refractivity contribution < 1.29 is 9.90 Å². The van der Waals surface area contributed by atoms with E-state index in [1.165, 1.54) is 11.3 Å². The summed E-state index contributed by atoms with van der Waals surface area (Å²) in [6.45, 7) is 2.75. The third-order valence-corrected chi connectivity index (χ3v) is 2.66. The Balaban J connectivity index is 2.28. The molecular formula is C9H14N2O2S. The number of amides is 1. The highest BCUT2D eigenvalue weighted by Gasteiger charge is 2.08. The molecule has 4 nitrogen and oxygen atoms in total. The lowest BCUT2D eigenvalue weighted by atomic mass is 10.1. The third-order valence-electron chi connectivity index (χ3n) is 1.89. The Morgan fingerprint density at radius 1 is 1.79 bits per heavy atom. The Kier molecular flexibility index (Phi) is 4.55. The summed E-state index contributed by atoms with van der Waals surface area (Å²) in [4.78, 5) is 15.9. The van der Waals surface area contributed by atoms with E-state index in [9.17, 15) is 4.79 Å². The number of aliphatic hydroxyl groups excluding tert-OH is 1. The molecule has 5 heteroatoms. The first kappa shape index (κ1) is 11.1. The second-order valence-electron chi connectivity index (χ2n) is 3.19. The van der Waals surface area contributed by atoms with Crippen LogP contribution in [-0.2, 0) is 0 Å². The number of carbonyl (C=O) groups excluding carboxylic acids is 1. The maximum atomic E-state index is 11.4. The fourth-order valence-corrected chi connectivity index (χ4v) is 1.54. The zero-order valence-electron chi connectivity index (χ0n) is 8.06. The normalized spacial score (nSPS) is 12.4. The van der Waals surface area contributed by atoms with Crippen LogP contribution in [-0.4, -0.2) is 29.1 Å². The predicted molar refractivity (Wildman–Crippen MR) is 55.3 cm³/mol. The number of hydrogen-bond acceptors (Lipinski definition) is 4. The van der Waals surface area contributed by atoms with Crippen molar-refractivity contribution in [2.75, 3.05) is 13.2 Å². The summed E-state index contributed by atoms with van der Waals surface area (Å²) < 4.78 is 0. The monoisotopic (exact) mass is 214 g/mol. The molecule has 78 valence electrons. The van der Waals surface area contributed by atoms with E-state index in [0.717, 1.165) is 0 Å². The number of carbonyl (C=O) groups is 1. The summed E-state index contributed by atoms with van der Waals surface area (Å²) in [5, 5.41) is 11.5. The summed E-state index contributed by atoms with van der Waals surface area (Å²) in [6.07, 6.45) is 2.26. The van der Waals surface area contributed by atoms with E-state index >= 15 is 0 Å². The quantitative estimate of drug-likeness (QED) is 0.765. The predicted octanol–water partition coefficient (Wildman–Crippen LogP) is 0.891. The van der Waals surface area contributed by atoms with Crippen LogP contribution in [0, 0.1) is 5.92 Å². The van der Waals surface area contributed by atoms with Crippen molar-refractivity contribution in [1.82, 2.24) is 10.3 Å². The molecule has 0 aliphatic carbocycles. The molecule has 0 spiro atoms. The Morgan fingerprint density at radius 3 is 3.14 bits per heavy atom. The minimum absolute atomic E-state index is 0.0858. The van der Waals surface area contributed by atoms with Crippen LogP contribution >= 0.6 is 11.3 Å². The highest BCUT2D eigenvalue weighted by atomic mass is 32.1. The molecule has 1 aromatic rings. The van der Waals surface area contributed by atoms with E-state index in [0.29, 0.717) is 23.8 Å². The number of hydrogen-bond donors (Lipinski definition) is 2. The molecule has 1 rings (SSSR count). The SMILES string of the molecule is CC(CCO)CNC(=O)c1cncs1. The van der Waals surface area contributed by atoms with E-state index in [2.05, 4.69) is 10.3 Å². The highest BCUT2D eigenvalue weighted by Crippen LogP contribution is 2.05. The van der Waals surface area contributed by atoms with Crippen molar-refractivity contribution in [3.63, 3.8) is 0 Å². The largest absolute Gasteiger partial charge is 0.396 e. The molecule has 14 heavy (non-hydrogen) atoms. The van der Waals surface area contributed by atoms with E-state index in [1.807, 2.05) is 6.92 Å². The molecule has 1 amide bonds. The summed E-state index contributed by atoms with van der Waals surface area (Å²) in [7, 11) is 0. The van der Waals surface area contributed by atoms with Crippen LogP contribution in [0.5, 0.6) is 0 Å². The van der Waals surface area contributed by atoms with E-state index in [-0.39, 0.29) is 12.5 Å². The van der Waals surface area contributed by atoms with Crippen LogP contribution in [0.4, 0.5) is 0 Å². The molecule has 0 aromatic carbocycles. The number of nitrogens with one attached hydrogen (secondary N) is 1. The minimum atomic E-state index is -0.0858. The van der Waals surface area contributed by atoms with E-state index in [1.54, 1.807) is 11.7 Å². The van der Waals surface area contributed by atoms with Crippen LogP contribution in [0.15, 0.2) is 11.7 Å². The minimum Gasteiger partial charge on any atom is -0.396 e. The van der Waals surface area contributed by atoms with E-state index < -0.39 is 0 Å². The van der Waals surface area contributed by atoms with Gasteiger partial charge in [-0.2, -0.15) is 0 Å². The zero-order chi connectivity index (χ0) is 10.4. The Bertz CT molecular complexity index is 274. The number of aromatic nitrogens is 1. The molecule has 2 N–H and O–H groups in total. The summed E-state index contributed by atoms with van der Waals surface area (Å²) in [6, 6.07) is 0. The average molecular weight is 214 g/mol. The van der Waals surface area contributed by atoms with Crippen LogP contribution in [0.2, 0.25) is 0 Å². The lowest BCUT2D eigenvalue weighted by Gasteiger charge is -2.09. The molecule has 0 saturated heterocycles. The molecular weight excluding hydrogens is 200 g/mol. The Labute approximate surface area is 87.0 Å². The summed E-state index contributed by atoms with van der Waals surface area (Å²) in [5.41, 5.74) is 1.63. The number of aliphatic hydroxyl groups is 1. The Morgan fingerprint density at radius 2 is 2.57 bits per heavy atom. The van der Waals surface area contributed by atoms with Crippen LogP contribution in [0.3, 0.4) is 0 Å². The lowest BCUT2D eigenvalue weighted by Crippen LogP contribution is -2.28. The molecule has 1 unspecified atom stereocenters. The van der Waals surface area contributed by atoms with Crippen molar-refractivity contribution in [2.45, 2.75) is 13.3 Å².